The Kier molecular flexibility index (Phi) is 6.96. The van der Waals surface area contributed by atoms with Gasteiger partial charge in [-0.3, -0.25) is 9.59 Å². The third-order valence-corrected chi connectivity index (χ3v) is 7.88. The molecule has 0 bridgehead atoms. The number of methoxy groups -OCH3 is 2. The lowest BCUT2D eigenvalue weighted by Gasteiger charge is -2.52. The molecule has 1 heterocycles. The molecule has 1 aliphatic heterocycles. The molecule has 9 heteroatoms. The summed E-state index contributed by atoms with van der Waals surface area (Å²) in [6.45, 7) is 1.65. The van der Waals surface area contributed by atoms with E-state index in [1.54, 1.807) is 11.0 Å². The maximum Gasteiger partial charge on any atom is 0.258 e. The molecular formula is C28H32F2N2O5. The van der Waals surface area contributed by atoms with Gasteiger partial charge in [0.05, 0.1) is 20.8 Å². The molecule has 2 aliphatic carbocycles. The molecule has 2 amide bonds. The van der Waals surface area contributed by atoms with Crippen LogP contribution in [-0.2, 0) is 0 Å². The topological polar surface area (TPSA) is 77.1 Å². The molecule has 3 fully saturated rings. The van der Waals surface area contributed by atoms with Crippen molar-refractivity contribution in [1.29, 1.82) is 0 Å². The molecule has 37 heavy (non-hydrogen) atoms. The molecule has 1 N–H and O–H groups in total. The molecule has 2 saturated carbocycles. The summed E-state index contributed by atoms with van der Waals surface area (Å²) in [5.74, 6) is -0.839. The van der Waals surface area contributed by atoms with Gasteiger partial charge in [-0.2, -0.15) is 0 Å². The number of rotatable bonds is 8. The second-order valence-corrected chi connectivity index (χ2v) is 10.4. The first-order chi connectivity index (χ1) is 17.8. The van der Waals surface area contributed by atoms with Crippen LogP contribution in [0.4, 0.5) is 8.78 Å². The van der Waals surface area contributed by atoms with Crippen molar-refractivity contribution in [3.63, 3.8) is 0 Å². The van der Waals surface area contributed by atoms with Crippen LogP contribution in [0, 0.1) is 23.0 Å². The van der Waals surface area contributed by atoms with Crippen LogP contribution in [0.3, 0.4) is 0 Å². The molecule has 0 atom stereocenters. The maximum atomic E-state index is 14.5. The van der Waals surface area contributed by atoms with Crippen molar-refractivity contribution in [3.8, 4) is 17.2 Å². The van der Waals surface area contributed by atoms with Crippen molar-refractivity contribution in [2.24, 2.45) is 11.3 Å². The van der Waals surface area contributed by atoms with Gasteiger partial charge in [0.15, 0.2) is 23.1 Å². The third kappa shape index (κ3) is 5.22. The largest absolute Gasteiger partial charge is 0.493 e. The summed E-state index contributed by atoms with van der Waals surface area (Å²) in [7, 11) is 2.80. The molecule has 2 aromatic rings. The summed E-state index contributed by atoms with van der Waals surface area (Å²) in [5, 5.41) is 2.91. The standard InChI is InChI=1S/C28H32F2N2O5/c1-35-23-8-6-20(29)24(25(23)36-2)26(33)31-19-14-28(15-19)9-11-32(12-10-28)27(34)18-5-7-22(21(30)13-18)37-16-17-3-4-17/h5-8,13,17,19H,3-4,9-12,14-16H2,1-2H3,(H,31,33). The van der Waals surface area contributed by atoms with Crippen molar-refractivity contribution in [1.82, 2.24) is 10.2 Å². The lowest BCUT2D eigenvalue weighted by atomic mass is 9.60. The first-order valence-corrected chi connectivity index (χ1v) is 12.8. The number of carbonyl (C=O) groups is 2. The number of piperidine rings is 1. The number of ether oxygens (including phenoxy) is 3. The number of nitrogens with zero attached hydrogens (tertiary/aromatic N) is 1. The number of hydrogen-bond donors (Lipinski definition) is 1. The summed E-state index contributed by atoms with van der Waals surface area (Å²) in [6, 6.07) is 6.95. The van der Waals surface area contributed by atoms with Gasteiger partial charge in [-0.25, -0.2) is 8.78 Å². The van der Waals surface area contributed by atoms with E-state index in [0.29, 0.717) is 31.2 Å². The van der Waals surface area contributed by atoms with Crippen LogP contribution in [0.5, 0.6) is 17.2 Å². The van der Waals surface area contributed by atoms with E-state index in [4.69, 9.17) is 14.2 Å². The fourth-order valence-corrected chi connectivity index (χ4v) is 5.48. The quantitative estimate of drug-likeness (QED) is 0.558. The average molecular weight is 515 g/mol. The first-order valence-electron chi connectivity index (χ1n) is 12.8. The Bertz CT molecular complexity index is 1180. The van der Waals surface area contributed by atoms with Gasteiger partial charge < -0.3 is 24.4 Å². The predicted octanol–water partition coefficient (Wildman–Crippen LogP) is 4.59. The molecule has 5 rings (SSSR count). The molecule has 0 radical (unpaired) electrons. The Morgan fingerprint density at radius 2 is 1.70 bits per heavy atom. The van der Waals surface area contributed by atoms with Gasteiger partial charge >= 0.3 is 0 Å². The van der Waals surface area contributed by atoms with Crippen molar-refractivity contribution < 1.29 is 32.6 Å². The molecule has 1 saturated heterocycles. The summed E-state index contributed by atoms with van der Waals surface area (Å²) >= 11 is 0. The van der Waals surface area contributed by atoms with Crippen LogP contribution in [0.25, 0.3) is 0 Å². The SMILES string of the molecule is COc1ccc(F)c(C(=O)NC2CC3(CCN(C(=O)c4ccc(OCC5CC5)c(F)c4)CC3)C2)c1OC. The second-order valence-electron chi connectivity index (χ2n) is 10.4. The van der Waals surface area contributed by atoms with Crippen molar-refractivity contribution in [3.05, 3.63) is 53.1 Å². The Morgan fingerprint density at radius 3 is 2.32 bits per heavy atom. The number of benzene rings is 2. The van der Waals surface area contributed by atoms with Crippen LogP contribution in [-0.4, -0.2) is 56.7 Å². The predicted molar refractivity (Wildman–Crippen MR) is 132 cm³/mol. The molecule has 1 spiro atoms. The summed E-state index contributed by atoms with van der Waals surface area (Å²) in [5.41, 5.74) is 0.192. The van der Waals surface area contributed by atoms with Crippen LogP contribution >= 0.6 is 0 Å². The van der Waals surface area contributed by atoms with E-state index in [0.717, 1.165) is 38.5 Å². The zero-order valence-corrected chi connectivity index (χ0v) is 21.1. The zero-order chi connectivity index (χ0) is 26.2. The fourth-order valence-electron chi connectivity index (χ4n) is 5.48. The molecule has 0 aromatic heterocycles. The van der Waals surface area contributed by atoms with E-state index in [1.807, 2.05) is 0 Å². The molecule has 2 aromatic carbocycles. The van der Waals surface area contributed by atoms with E-state index < -0.39 is 17.5 Å². The summed E-state index contributed by atoms with van der Waals surface area (Å²) in [4.78, 5) is 27.6. The Labute approximate surface area is 215 Å². The molecule has 3 aliphatic rings. The van der Waals surface area contributed by atoms with E-state index >= 15 is 0 Å². The lowest BCUT2D eigenvalue weighted by molar-refractivity contribution is 0.00854. The number of likely N-dealkylation sites (tertiary alicyclic amines) is 1. The number of nitrogens with one attached hydrogen (secondary N) is 1. The van der Waals surface area contributed by atoms with Gasteiger partial charge in [0.2, 0.25) is 0 Å². The van der Waals surface area contributed by atoms with Crippen LogP contribution in [0.1, 0.15) is 59.2 Å². The van der Waals surface area contributed by atoms with Gasteiger partial charge in [-0.05, 0) is 80.2 Å². The second kappa shape index (κ2) is 10.2. The number of hydrogen-bond acceptors (Lipinski definition) is 5. The van der Waals surface area contributed by atoms with Crippen molar-refractivity contribution >= 4 is 11.8 Å². The van der Waals surface area contributed by atoms with E-state index in [2.05, 4.69) is 5.32 Å². The van der Waals surface area contributed by atoms with E-state index in [-0.39, 0.29) is 40.2 Å². The highest BCUT2D eigenvalue weighted by atomic mass is 19.1. The number of halogens is 2. The minimum absolute atomic E-state index is 0.0392. The maximum absolute atomic E-state index is 14.5. The smallest absolute Gasteiger partial charge is 0.258 e. The average Bonchev–Trinajstić information content (AvgIpc) is 3.71. The lowest BCUT2D eigenvalue weighted by Crippen LogP contribution is -2.55. The molecular weight excluding hydrogens is 482 g/mol. The first kappa shape index (κ1) is 25.3. The van der Waals surface area contributed by atoms with E-state index in [9.17, 15) is 18.4 Å². The van der Waals surface area contributed by atoms with Crippen LogP contribution < -0.4 is 19.5 Å². The highest BCUT2D eigenvalue weighted by Gasteiger charge is 2.47. The monoisotopic (exact) mass is 514 g/mol. The van der Waals surface area contributed by atoms with Gasteiger partial charge in [0.1, 0.15) is 11.4 Å². The molecule has 7 nitrogen and oxygen atoms in total. The summed E-state index contributed by atoms with van der Waals surface area (Å²) < 4.78 is 44.8. The molecule has 198 valence electrons. The van der Waals surface area contributed by atoms with Gasteiger partial charge in [0.25, 0.3) is 11.8 Å². The van der Waals surface area contributed by atoms with E-state index in [1.165, 1.54) is 38.5 Å². The third-order valence-electron chi connectivity index (χ3n) is 7.88. The Balaban J connectivity index is 1.13. The molecule has 0 unspecified atom stereocenters. The Morgan fingerprint density at radius 1 is 1.00 bits per heavy atom. The highest BCUT2D eigenvalue weighted by Crippen LogP contribution is 2.49. The van der Waals surface area contributed by atoms with Crippen LogP contribution in [0.15, 0.2) is 30.3 Å². The zero-order valence-electron chi connectivity index (χ0n) is 21.1. The van der Waals surface area contributed by atoms with Crippen molar-refractivity contribution in [2.75, 3.05) is 33.9 Å². The minimum atomic E-state index is -0.671. The Hall–Kier alpha value is -3.36. The minimum Gasteiger partial charge on any atom is -0.493 e. The van der Waals surface area contributed by atoms with Crippen LogP contribution in [0.2, 0.25) is 0 Å². The highest BCUT2D eigenvalue weighted by molar-refractivity contribution is 5.98. The summed E-state index contributed by atoms with van der Waals surface area (Å²) in [6.07, 6.45) is 5.36. The van der Waals surface area contributed by atoms with Gasteiger partial charge in [-0.15, -0.1) is 0 Å². The number of carbonyl (C=O) groups excluding carboxylic acids is 2. The van der Waals surface area contributed by atoms with Gasteiger partial charge in [-0.1, -0.05) is 0 Å². The van der Waals surface area contributed by atoms with Gasteiger partial charge in [0, 0.05) is 24.7 Å². The fraction of sp³-hybridized carbons (Fsp3) is 0.500. The van der Waals surface area contributed by atoms with Crippen molar-refractivity contribution in [2.45, 2.75) is 44.6 Å². The normalized spacial score (nSPS) is 18.8. The number of amides is 2.